The largest absolute Gasteiger partial charge is 0.325 e. The molecule has 3 rings (SSSR count). The molecule has 1 saturated heterocycles. The van der Waals surface area contributed by atoms with Crippen molar-refractivity contribution >= 4 is 46.7 Å². The zero-order valence-corrected chi connectivity index (χ0v) is 16.7. The first-order valence-electron chi connectivity index (χ1n) is 8.71. The number of carbonyl (C=O) groups is 3. The van der Waals surface area contributed by atoms with Gasteiger partial charge in [-0.2, -0.15) is 0 Å². The lowest BCUT2D eigenvalue weighted by Crippen LogP contribution is -2.45. The maximum Gasteiger partial charge on any atom is 0.325 e. The molecule has 0 saturated carbocycles. The summed E-state index contributed by atoms with van der Waals surface area (Å²) in [6.07, 6.45) is 1.06. The van der Waals surface area contributed by atoms with Gasteiger partial charge in [0.25, 0.3) is 5.91 Å². The van der Waals surface area contributed by atoms with Crippen LogP contribution in [-0.2, 0) is 16.0 Å². The van der Waals surface area contributed by atoms with Crippen LogP contribution in [0.1, 0.15) is 18.9 Å². The molecule has 0 radical (unpaired) electrons. The monoisotopic (exact) mass is 419 g/mol. The van der Waals surface area contributed by atoms with Gasteiger partial charge in [0.1, 0.15) is 12.1 Å². The second-order valence-corrected chi connectivity index (χ2v) is 7.66. The van der Waals surface area contributed by atoms with Crippen LogP contribution in [0.5, 0.6) is 0 Å². The van der Waals surface area contributed by atoms with Crippen LogP contribution in [0.3, 0.4) is 0 Å². The highest BCUT2D eigenvalue weighted by atomic mass is 35.5. The lowest BCUT2D eigenvalue weighted by molar-refractivity contribution is -0.133. The first-order valence-corrected chi connectivity index (χ1v) is 9.47. The number of urea groups is 1. The van der Waals surface area contributed by atoms with E-state index in [0.29, 0.717) is 23.6 Å². The summed E-state index contributed by atoms with van der Waals surface area (Å²) in [6.45, 7) is 1.27. The molecule has 2 N–H and O–H groups in total. The van der Waals surface area contributed by atoms with Gasteiger partial charge in [-0.25, -0.2) is 4.79 Å². The van der Waals surface area contributed by atoms with Gasteiger partial charge >= 0.3 is 6.03 Å². The second kappa shape index (κ2) is 8.20. The number of anilines is 1. The highest BCUT2D eigenvalue weighted by molar-refractivity contribution is 6.36. The molecule has 1 fully saturated rings. The number of imide groups is 1. The van der Waals surface area contributed by atoms with Crippen LogP contribution in [0, 0.1) is 0 Å². The predicted molar refractivity (Wildman–Crippen MR) is 109 cm³/mol. The van der Waals surface area contributed by atoms with Gasteiger partial charge in [-0.3, -0.25) is 14.5 Å². The molecule has 2 aromatic carbocycles. The van der Waals surface area contributed by atoms with Gasteiger partial charge in [-0.1, -0.05) is 53.5 Å². The van der Waals surface area contributed by atoms with E-state index in [1.807, 2.05) is 30.3 Å². The second-order valence-electron chi connectivity index (χ2n) is 6.81. The Kier molecular flexibility index (Phi) is 5.91. The number of amides is 4. The van der Waals surface area contributed by atoms with Crippen molar-refractivity contribution in [1.82, 2.24) is 10.2 Å². The Morgan fingerprint density at radius 1 is 1.14 bits per heavy atom. The molecular formula is C20H19Cl2N3O3. The molecule has 146 valence electrons. The maximum atomic E-state index is 12.8. The average molecular weight is 420 g/mol. The Hall–Kier alpha value is -2.57. The fourth-order valence-corrected chi connectivity index (χ4v) is 3.48. The van der Waals surface area contributed by atoms with Gasteiger partial charge in [0.15, 0.2) is 0 Å². The van der Waals surface area contributed by atoms with E-state index in [2.05, 4.69) is 10.6 Å². The third kappa shape index (κ3) is 4.46. The van der Waals surface area contributed by atoms with Crippen molar-refractivity contribution in [2.45, 2.75) is 25.3 Å². The number of nitrogens with one attached hydrogen (secondary N) is 2. The third-order valence-corrected chi connectivity index (χ3v) is 5.16. The fraction of sp³-hybridized carbons (Fsp3) is 0.250. The minimum atomic E-state index is -1.05. The van der Waals surface area contributed by atoms with Gasteiger partial charge in [0.2, 0.25) is 5.91 Å². The van der Waals surface area contributed by atoms with E-state index in [-0.39, 0.29) is 5.02 Å². The molecule has 0 spiro atoms. The number of hydrogen-bond donors (Lipinski definition) is 2. The molecule has 0 aliphatic carbocycles. The Balaban J connectivity index is 1.63. The van der Waals surface area contributed by atoms with E-state index < -0.39 is 29.9 Å². The van der Waals surface area contributed by atoms with Crippen LogP contribution in [0.2, 0.25) is 10.0 Å². The molecule has 2 aromatic rings. The summed E-state index contributed by atoms with van der Waals surface area (Å²) in [5, 5.41) is 6.00. The first kappa shape index (κ1) is 20.2. The molecule has 1 aliphatic rings. The molecule has 1 aliphatic heterocycles. The van der Waals surface area contributed by atoms with Crippen molar-refractivity contribution < 1.29 is 14.4 Å². The molecule has 0 aromatic heterocycles. The summed E-state index contributed by atoms with van der Waals surface area (Å²) in [7, 11) is 0. The van der Waals surface area contributed by atoms with Gasteiger partial charge < -0.3 is 10.6 Å². The van der Waals surface area contributed by atoms with Crippen molar-refractivity contribution in [3.8, 4) is 0 Å². The quantitative estimate of drug-likeness (QED) is 0.697. The van der Waals surface area contributed by atoms with Crippen molar-refractivity contribution in [2.24, 2.45) is 0 Å². The zero-order chi connectivity index (χ0) is 20.3. The fourth-order valence-electron chi connectivity index (χ4n) is 3.02. The topological polar surface area (TPSA) is 78.5 Å². The van der Waals surface area contributed by atoms with Crippen molar-refractivity contribution in [1.29, 1.82) is 0 Å². The summed E-state index contributed by atoms with van der Waals surface area (Å²) in [4.78, 5) is 38.3. The smallest absolute Gasteiger partial charge is 0.323 e. The molecule has 6 nitrogen and oxygen atoms in total. The van der Waals surface area contributed by atoms with Crippen LogP contribution in [0.25, 0.3) is 0 Å². The van der Waals surface area contributed by atoms with Crippen LogP contribution in [0.15, 0.2) is 48.5 Å². The summed E-state index contributed by atoms with van der Waals surface area (Å²) in [5.41, 5.74) is 0.375. The van der Waals surface area contributed by atoms with E-state index in [9.17, 15) is 14.4 Å². The van der Waals surface area contributed by atoms with Crippen LogP contribution < -0.4 is 10.6 Å². The predicted octanol–water partition coefficient (Wildman–Crippen LogP) is 3.88. The van der Waals surface area contributed by atoms with Crippen LogP contribution in [0.4, 0.5) is 10.5 Å². The Bertz CT molecular complexity index is 920. The SMILES string of the molecule is CC1(CCc2ccccc2)NC(=O)N(CC(=O)Nc2ccc(Cl)cc2Cl)C1=O. The van der Waals surface area contributed by atoms with Crippen LogP contribution in [-0.4, -0.2) is 34.8 Å². The van der Waals surface area contributed by atoms with Crippen molar-refractivity contribution in [2.75, 3.05) is 11.9 Å². The molecule has 1 unspecified atom stereocenters. The Morgan fingerprint density at radius 3 is 2.54 bits per heavy atom. The van der Waals surface area contributed by atoms with E-state index in [1.165, 1.54) is 6.07 Å². The van der Waals surface area contributed by atoms with Gasteiger partial charge in [-0.15, -0.1) is 0 Å². The molecule has 4 amide bonds. The molecule has 28 heavy (non-hydrogen) atoms. The van der Waals surface area contributed by atoms with E-state index >= 15 is 0 Å². The molecule has 1 heterocycles. The lowest BCUT2D eigenvalue weighted by atomic mass is 9.93. The number of carbonyl (C=O) groups excluding carboxylic acids is 3. The molecule has 0 bridgehead atoms. The Labute approximate surface area is 172 Å². The Morgan fingerprint density at radius 2 is 1.86 bits per heavy atom. The van der Waals surface area contributed by atoms with E-state index in [4.69, 9.17) is 23.2 Å². The minimum absolute atomic E-state index is 0.269. The van der Waals surface area contributed by atoms with Crippen LogP contribution >= 0.6 is 23.2 Å². The lowest BCUT2D eigenvalue weighted by Gasteiger charge is -2.21. The average Bonchev–Trinajstić information content (AvgIpc) is 2.87. The number of hydrogen-bond acceptors (Lipinski definition) is 3. The third-order valence-electron chi connectivity index (χ3n) is 4.61. The van der Waals surface area contributed by atoms with Gasteiger partial charge in [-0.05, 0) is 43.5 Å². The number of halogens is 2. The van der Waals surface area contributed by atoms with Gasteiger partial charge in [0, 0.05) is 5.02 Å². The molecular weight excluding hydrogens is 401 g/mol. The standard InChI is InChI=1S/C20H19Cl2N3O3/c1-20(10-9-13-5-3-2-4-6-13)18(27)25(19(28)24-20)12-17(26)23-16-8-7-14(21)11-15(16)22/h2-8,11H,9-10,12H2,1H3,(H,23,26)(H,24,28). The summed E-state index contributed by atoms with van der Waals surface area (Å²) < 4.78 is 0. The van der Waals surface area contributed by atoms with E-state index in [0.717, 1.165) is 10.5 Å². The summed E-state index contributed by atoms with van der Waals surface area (Å²) in [5.74, 6) is -0.953. The number of rotatable bonds is 6. The summed E-state index contributed by atoms with van der Waals surface area (Å²) >= 11 is 11.9. The minimum Gasteiger partial charge on any atom is -0.323 e. The number of nitrogens with zero attached hydrogens (tertiary/aromatic N) is 1. The molecule has 1 atom stereocenters. The number of aryl methyl sites for hydroxylation is 1. The van der Waals surface area contributed by atoms with Crippen molar-refractivity contribution in [3.63, 3.8) is 0 Å². The number of benzene rings is 2. The summed E-state index contributed by atoms with van der Waals surface area (Å²) in [6, 6.07) is 13.7. The normalized spacial score (nSPS) is 18.9. The highest BCUT2D eigenvalue weighted by Gasteiger charge is 2.47. The van der Waals surface area contributed by atoms with Gasteiger partial charge in [0.05, 0.1) is 10.7 Å². The molecule has 8 heteroatoms. The highest BCUT2D eigenvalue weighted by Crippen LogP contribution is 2.26. The first-order chi connectivity index (χ1) is 13.3. The van der Waals surface area contributed by atoms with E-state index in [1.54, 1.807) is 19.1 Å². The van der Waals surface area contributed by atoms with Crippen molar-refractivity contribution in [3.05, 3.63) is 64.1 Å². The zero-order valence-electron chi connectivity index (χ0n) is 15.2. The maximum absolute atomic E-state index is 12.8.